The van der Waals surface area contributed by atoms with Crippen LogP contribution < -0.4 is 11.2 Å². The van der Waals surface area contributed by atoms with Crippen LogP contribution in [0.3, 0.4) is 0 Å². The van der Waals surface area contributed by atoms with E-state index < -0.39 is 11.9 Å². The maximum absolute atomic E-state index is 14.2. The molecule has 6 aromatic rings. The van der Waals surface area contributed by atoms with Gasteiger partial charge in [0.05, 0.1) is 25.5 Å². The van der Waals surface area contributed by atoms with Crippen LogP contribution in [0.2, 0.25) is 4.34 Å². The van der Waals surface area contributed by atoms with E-state index in [1.807, 2.05) is 13.0 Å². The maximum atomic E-state index is 14.2. The zero-order chi connectivity index (χ0) is 25.0. The number of hydrogen-bond donors (Lipinski definition) is 1. The number of rotatable bonds is 4. The van der Waals surface area contributed by atoms with Gasteiger partial charge in [0.2, 0.25) is 5.43 Å². The molecule has 0 aliphatic heterocycles. The normalized spacial score (nSPS) is 12.4. The topological polar surface area (TPSA) is 99.8 Å². The van der Waals surface area contributed by atoms with E-state index in [0.29, 0.717) is 43.4 Å². The summed E-state index contributed by atoms with van der Waals surface area (Å²) in [5.41, 5.74) is 8.10. The molecule has 178 valence electrons. The van der Waals surface area contributed by atoms with Gasteiger partial charge in [-0.05, 0) is 48.9 Å². The first kappa shape index (κ1) is 22.4. The van der Waals surface area contributed by atoms with Crippen LogP contribution in [0.5, 0.6) is 0 Å². The third-order valence-electron chi connectivity index (χ3n) is 6.01. The lowest BCUT2D eigenvalue weighted by molar-refractivity contribution is 0.446. The molecule has 0 spiro atoms. The Kier molecular flexibility index (Phi) is 5.31. The molecule has 0 aliphatic rings. The number of thiophene rings is 1. The summed E-state index contributed by atoms with van der Waals surface area (Å²) in [6.45, 7) is 1.84. The molecule has 0 radical (unpaired) electrons. The van der Waals surface area contributed by atoms with Crippen LogP contribution in [-0.4, -0.2) is 19.7 Å². The van der Waals surface area contributed by atoms with Crippen LogP contribution in [-0.2, 0) is 0 Å². The number of nitrogens with zero attached hydrogens (tertiary/aromatic N) is 4. The summed E-state index contributed by atoms with van der Waals surface area (Å²) < 4.78 is 22.8. The third-order valence-corrected chi connectivity index (χ3v) is 7.25. The van der Waals surface area contributed by atoms with Gasteiger partial charge in [0, 0.05) is 0 Å². The minimum absolute atomic E-state index is 0.257. The number of hydrogen-bond acceptors (Lipinski definition) is 7. The van der Waals surface area contributed by atoms with E-state index in [9.17, 15) is 9.18 Å². The van der Waals surface area contributed by atoms with Gasteiger partial charge in [-0.25, -0.2) is 19.0 Å². The lowest BCUT2D eigenvalue weighted by Crippen LogP contribution is -2.16. The van der Waals surface area contributed by atoms with Gasteiger partial charge in [-0.1, -0.05) is 35.9 Å². The summed E-state index contributed by atoms with van der Waals surface area (Å²) in [5.74, 6) is 0.130. The van der Waals surface area contributed by atoms with Gasteiger partial charge in [-0.3, -0.25) is 4.79 Å². The molecule has 0 aliphatic carbocycles. The number of anilines is 1. The second kappa shape index (κ2) is 8.54. The molecule has 36 heavy (non-hydrogen) atoms. The van der Waals surface area contributed by atoms with Crippen molar-refractivity contribution in [3.8, 4) is 21.7 Å². The quantitative estimate of drug-likeness (QED) is 0.294. The smallest absolute Gasteiger partial charge is 0.200 e. The summed E-state index contributed by atoms with van der Waals surface area (Å²) >= 11 is 7.54. The number of halogens is 2. The van der Waals surface area contributed by atoms with E-state index >= 15 is 0 Å². The van der Waals surface area contributed by atoms with E-state index in [-0.39, 0.29) is 16.8 Å². The van der Waals surface area contributed by atoms with Crippen LogP contribution in [0.4, 0.5) is 10.2 Å². The Morgan fingerprint density at radius 3 is 2.72 bits per heavy atom. The third kappa shape index (κ3) is 3.55. The summed E-state index contributed by atoms with van der Waals surface area (Å²) in [4.78, 5) is 23.1. The lowest BCUT2D eigenvalue weighted by Gasteiger charge is -2.17. The first-order valence-corrected chi connectivity index (χ1v) is 12.2. The fraction of sp³-hybridized carbons (Fsp3) is 0.0769. The zero-order valence-corrected chi connectivity index (χ0v) is 20.3. The average molecular weight is 518 g/mol. The Hall–Kier alpha value is -4.08. The van der Waals surface area contributed by atoms with Gasteiger partial charge in [0.1, 0.15) is 41.0 Å². The summed E-state index contributed by atoms with van der Waals surface area (Å²) in [5, 5.41) is 5.79. The predicted octanol–water partition coefficient (Wildman–Crippen LogP) is 6.31. The molecule has 2 N–H and O–H groups in total. The van der Waals surface area contributed by atoms with Crippen molar-refractivity contribution in [2.24, 2.45) is 0 Å². The van der Waals surface area contributed by atoms with Crippen LogP contribution in [0.1, 0.15) is 18.7 Å². The second-order valence-electron chi connectivity index (χ2n) is 8.21. The number of benzene rings is 2. The molecule has 0 fully saturated rings. The monoisotopic (exact) mass is 517 g/mol. The average Bonchev–Trinajstić information content (AvgIpc) is 3.48. The van der Waals surface area contributed by atoms with E-state index in [2.05, 4.69) is 9.97 Å². The highest BCUT2D eigenvalue weighted by molar-refractivity contribution is 7.19. The van der Waals surface area contributed by atoms with Crippen LogP contribution in [0.25, 0.3) is 43.7 Å². The highest BCUT2D eigenvalue weighted by atomic mass is 35.5. The number of nitrogens with two attached hydrogens (primary N) is 1. The molecule has 0 amide bonds. The molecular formula is C26H17ClFN5O2S. The van der Waals surface area contributed by atoms with E-state index in [1.54, 1.807) is 47.1 Å². The van der Waals surface area contributed by atoms with Crippen LogP contribution in [0, 0.1) is 5.82 Å². The van der Waals surface area contributed by atoms with Crippen molar-refractivity contribution in [3.63, 3.8) is 0 Å². The SMILES string of the molecule is CC(c1oc2ccccc2c(=O)c1-c1cccc(F)c1)n1nc(-c2ccc(Cl)s2)c2c(N)ncnc21. The molecule has 4 aromatic heterocycles. The fourth-order valence-electron chi connectivity index (χ4n) is 4.36. The van der Waals surface area contributed by atoms with Crippen molar-refractivity contribution >= 4 is 50.8 Å². The van der Waals surface area contributed by atoms with Gasteiger partial charge in [0.25, 0.3) is 0 Å². The van der Waals surface area contributed by atoms with E-state index in [1.165, 1.54) is 29.8 Å². The largest absolute Gasteiger partial charge is 0.458 e. The highest BCUT2D eigenvalue weighted by Crippen LogP contribution is 2.39. The van der Waals surface area contributed by atoms with Gasteiger partial charge >= 0.3 is 0 Å². The minimum Gasteiger partial charge on any atom is -0.458 e. The molecular weight excluding hydrogens is 501 g/mol. The summed E-state index contributed by atoms with van der Waals surface area (Å²) in [7, 11) is 0. The number of aromatic nitrogens is 4. The molecule has 1 atom stereocenters. The van der Waals surface area contributed by atoms with E-state index in [0.717, 1.165) is 4.88 Å². The van der Waals surface area contributed by atoms with Crippen LogP contribution in [0.15, 0.2) is 76.2 Å². The van der Waals surface area contributed by atoms with Crippen molar-refractivity contribution in [3.05, 3.63) is 93.1 Å². The Bertz CT molecular complexity index is 1840. The van der Waals surface area contributed by atoms with Crippen molar-refractivity contribution in [2.75, 3.05) is 5.73 Å². The Morgan fingerprint density at radius 2 is 1.94 bits per heavy atom. The molecule has 0 saturated heterocycles. The Balaban J connectivity index is 1.65. The van der Waals surface area contributed by atoms with Crippen molar-refractivity contribution < 1.29 is 8.81 Å². The van der Waals surface area contributed by atoms with E-state index in [4.69, 9.17) is 26.9 Å². The highest BCUT2D eigenvalue weighted by Gasteiger charge is 2.27. The van der Waals surface area contributed by atoms with Gasteiger partial charge < -0.3 is 10.2 Å². The first-order valence-electron chi connectivity index (χ1n) is 11.0. The molecule has 6 rings (SSSR count). The lowest BCUT2D eigenvalue weighted by atomic mass is 9.99. The van der Waals surface area contributed by atoms with Gasteiger partial charge in [-0.2, -0.15) is 5.10 Å². The molecule has 0 saturated carbocycles. The van der Waals surface area contributed by atoms with Crippen molar-refractivity contribution in [2.45, 2.75) is 13.0 Å². The van der Waals surface area contributed by atoms with Crippen molar-refractivity contribution in [1.29, 1.82) is 0 Å². The van der Waals surface area contributed by atoms with Crippen LogP contribution >= 0.6 is 22.9 Å². The fourth-order valence-corrected chi connectivity index (χ4v) is 5.40. The minimum atomic E-state index is -0.610. The number of nitrogen functional groups attached to an aromatic ring is 1. The Labute approximate surface area is 212 Å². The molecule has 2 aromatic carbocycles. The molecule has 1 unspecified atom stereocenters. The summed E-state index contributed by atoms with van der Waals surface area (Å²) in [6, 6.07) is 15.9. The standard InChI is InChI=1S/C26H17ClFN5O2S/c1-13(33-26-21(25(29)30-12-31-26)22(32-33)18-9-10-19(27)36-18)24-20(14-5-4-6-15(28)11-14)23(34)16-7-2-3-8-17(16)35-24/h2-13H,1H3,(H2,29,30,31). The Morgan fingerprint density at radius 1 is 1.11 bits per heavy atom. The van der Waals surface area contributed by atoms with Crippen molar-refractivity contribution in [1.82, 2.24) is 19.7 Å². The molecule has 10 heteroatoms. The van der Waals surface area contributed by atoms with Gasteiger partial charge in [0.15, 0.2) is 5.65 Å². The molecule has 4 heterocycles. The number of para-hydroxylation sites is 1. The maximum Gasteiger partial charge on any atom is 0.200 e. The molecule has 7 nitrogen and oxygen atoms in total. The predicted molar refractivity (Wildman–Crippen MR) is 140 cm³/mol. The first-order chi connectivity index (χ1) is 17.4. The zero-order valence-electron chi connectivity index (χ0n) is 18.8. The summed E-state index contributed by atoms with van der Waals surface area (Å²) in [6.07, 6.45) is 1.36. The number of fused-ring (bicyclic) bond motifs is 2. The molecule has 0 bridgehead atoms. The van der Waals surface area contributed by atoms with Gasteiger partial charge in [-0.15, -0.1) is 11.3 Å². The second-order valence-corrected chi connectivity index (χ2v) is 9.92.